The minimum absolute atomic E-state index is 0.0144. The van der Waals surface area contributed by atoms with Crippen LogP contribution in [0.1, 0.15) is 0 Å². The van der Waals surface area contributed by atoms with Crippen molar-refractivity contribution in [2.24, 2.45) is 0 Å². The topological polar surface area (TPSA) is 76.0 Å². The highest BCUT2D eigenvalue weighted by atomic mass is 16.8. The minimum atomic E-state index is -1.04. The average Bonchev–Trinajstić information content (AvgIpc) is 2.34. The van der Waals surface area contributed by atoms with E-state index in [0.29, 0.717) is 0 Å². The minimum Gasteiger partial charge on any atom is -0.430 e. The van der Waals surface area contributed by atoms with Crippen LogP contribution in [0.3, 0.4) is 0 Å². The van der Waals surface area contributed by atoms with Crippen LogP contribution in [-0.2, 0) is 9.47 Å². The predicted octanol–water partition coefficient (Wildman–Crippen LogP) is -1.12. The van der Waals surface area contributed by atoms with Gasteiger partial charge in [-0.05, 0) is 0 Å². The van der Waals surface area contributed by atoms with E-state index in [2.05, 4.69) is 9.47 Å². The van der Waals surface area contributed by atoms with Gasteiger partial charge < -0.3 is 19.7 Å². The Morgan fingerprint density at radius 3 is 2.90 bits per heavy atom. The van der Waals surface area contributed by atoms with Crippen molar-refractivity contribution < 1.29 is 24.5 Å². The summed E-state index contributed by atoms with van der Waals surface area (Å²) in [4.78, 5) is 10.2. The third-order valence-electron chi connectivity index (χ3n) is 1.23. The van der Waals surface area contributed by atoms with Crippen LogP contribution in [0, 0.1) is 0 Å². The zero-order chi connectivity index (χ0) is 7.56. The van der Waals surface area contributed by atoms with E-state index >= 15 is 0 Å². The SMILES string of the molecule is O=C1OCC([C@H](O)CO)O1. The number of rotatable bonds is 2. The molecule has 2 N–H and O–H groups in total. The van der Waals surface area contributed by atoms with E-state index in [0.717, 1.165) is 0 Å². The molecule has 1 fully saturated rings. The van der Waals surface area contributed by atoms with Gasteiger partial charge in [-0.15, -0.1) is 0 Å². The van der Waals surface area contributed by atoms with Gasteiger partial charge in [-0.1, -0.05) is 0 Å². The molecule has 0 amide bonds. The molecule has 5 nitrogen and oxygen atoms in total. The average molecular weight is 148 g/mol. The molecule has 0 aromatic heterocycles. The fourth-order valence-electron chi connectivity index (χ4n) is 0.649. The number of carbonyl (C=O) groups excluding carboxylic acids is 1. The molecule has 0 saturated carbocycles. The molecular weight excluding hydrogens is 140 g/mol. The molecule has 1 heterocycles. The maximum Gasteiger partial charge on any atom is 0.508 e. The Balaban J connectivity index is 2.36. The van der Waals surface area contributed by atoms with Crippen LogP contribution in [-0.4, -0.2) is 41.8 Å². The Bertz CT molecular complexity index is 134. The Labute approximate surface area is 57.2 Å². The third-order valence-corrected chi connectivity index (χ3v) is 1.23. The highest BCUT2D eigenvalue weighted by molar-refractivity contribution is 5.61. The second-order valence-corrected chi connectivity index (χ2v) is 1.97. The smallest absolute Gasteiger partial charge is 0.430 e. The normalized spacial score (nSPS) is 27.4. The van der Waals surface area contributed by atoms with E-state index in [9.17, 15) is 4.79 Å². The van der Waals surface area contributed by atoms with Crippen molar-refractivity contribution in [3.05, 3.63) is 0 Å². The third kappa shape index (κ3) is 1.37. The van der Waals surface area contributed by atoms with E-state index in [1.54, 1.807) is 0 Å². The predicted molar refractivity (Wildman–Crippen MR) is 29.3 cm³/mol. The lowest BCUT2D eigenvalue weighted by Gasteiger charge is -2.10. The summed E-state index contributed by atoms with van der Waals surface area (Å²) in [6.07, 6.45) is -2.54. The lowest BCUT2D eigenvalue weighted by atomic mass is 10.2. The zero-order valence-corrected chi connectivity index (χ0v) is 5.19. The molecule has 0 aliphatic carbocycles. The molecule has 1 aliphatic rings. The molecule has 1 aliphatic heterocycles. The van der Waals surface area contributed by atoms with Gasteiger partial charge in [0.2, 0.25) is 0 Å². The summed E-state index contributed by atoms with van der Waals surface area (Å²) in [5.41, 5.74) is 0. The van der Waals surface area contributed by atoms with Crippen molar-refractivity contribution in [1.29, 1.82) is 0 Å². The summed E-state index contributed by atoms with van der Waals surface area (Å²) < 4.78 is 8.80. The number of aliphatic hydroxyl groups excluding tert-OH is 2. The van der Waals surface area contributed by atoms with Crippen LogP contribution in [0.15, 0.2) is 0 Å². The van der Waals surface area contributed by atoms with Crippen LogP contribution >= 0.6 is 0 Å². The number of aliphatic hydroxyl groups is 2. The van der Waals surface area contributed by atoms with Crippen molar-refractivity contribution in [1.82, 2.24) is 0 Å². The van der Waals surface area contributed by atoms with Gasteiger partial charge >= 0.3 is 6.16 Å². The van der Waals surface area contributed by atoms with E-state index in [4.69, 9.17) is 10.2 Å². The van der Waals surface area contributed by atoms with Crippen molar-refractivity contribution in [2.75, 3.05) is 13.2 Å². The quantitative estimate of drug-likeness (QED) is 0.485. The molecule has 0 aromatic rings. The summed E-state index contributed by atoms with van der Waals surface area (Å²) in [6, 6.07) is 0. The molecule has 0 aromatic carbocycles. The van der Waals surface area contributed by atoms with Crippen molar-refractivity contribution in [3.8, 4) is 0 Å². The van der Waals surface area contributed by atoms with Crippen LogP contribution < -0.4 is 0 Å². The number of hydrogen-bond acceptors (Lipinski definition) is 5. The monoisotopic (exact) mass is 148 g/mol. The van der Waals surface area contributed by atoms with Crippen LogP contribution in [0.5, 0.6) is 0 Å². The Morgan fingerprint density at radius 2 is 2.50 bits per heavy atom. The molecule has 0 spiro atoms. The van der Waals surface area contributed by atoms with Gasteiger partial charge in [0.05, 0.1) is 6.61 Å². The second kappa shape index (κ2) is 2.85. The largest absolute Gasteiger partial charge is 0.508 e. The second-order valence-electron chi connectivity index (χ2n) is 1.97. The lowest BCUT2D eigenvalue weighted by molar-refractivity contribution is -0.00102. The maximum absolute atomic E-state index is 10.2. The summed E-state index contributed by atoms with van der Waals surface area (Å²) in [7, 11) is 0. The van der Waals surface area contributed by atoms with E-state index in [1.807, 2.05) is 0 Å². The van der Waals surface area contributed by atoms with Crippen LogP contribution in [0.25, 0.3) is 0 Å². The standard InChI is InChI=1S/C5H8O5/c6-1-3(7)4-2-9-5(8)10-4/h3-4,6-7H,1-2H2/t3-,4?/m1/s1. The van der Waals surface area contributed by atoms with E-state index < -0.39 is 25.0 Å². The molecule has 10 heavy (non-hydrogen) atoms. The van der Waals surface area contributed by atoms with E-state index in [1.165, 1.54) is 0 Å². The van der Waals surface area contributed by atoms with Gasteiger partial charge in [0.25, 0.3) is 0 Å². The number of cyclic esters (lactones) is 2. The Hall–Kier alpha value is -0.810. The number of carbonyl (C=O) groups is 1. The Kier molecular flexibility index (Phi) is 2.08. The summed E-state index contributed by atoms with van der Waals surface area (Å²) in [6.45, 7) is -0.415. The number of ether oxygens (including phenoxy) is 2. The highest BCUT2D eigenvalue weighted by Gasteiger charge is 2.30. The van der Waals surface area contributed by atoms with Gasteiger partial charge in [-0.25, -0.2) is 4.79 Å². The van der Waals surface area contributed by atoms with E-state index in [-0.39, 0.29) is 6.61 Å². The fourth-order valence-corrected chi connectivity index (χ4v) is 0.649. The van der Waals surface area contributed by atoms with Gasteiger partial charge in [0, 0.05) is 0 Å². The first-order valence-corrected chi connectivity index (χ1v) is 2.86. The molecule has 0 radical (unpaired) electrons. The van der Waals surface area contributed by atoms with Crippen LogP contribution in [0.2, 0.25) is 0 Å². The molecule has 0 bridgehead atoms. The Morgan fingerprint density at radius 1 is 1.80 bits per heavy atom. The zero-order valence-electron chi connectivity index (χ0n) is 5.19. The molecule has 58 valence electrons. The maximum atomic E-state index is 10.2. The molecular formula is C5H8O5. The first-order valence-electron chi connectivity index (χ1n) is 2.86. The lowest BCUT2D eigenvalue weighted by Crippen LogP contribution is -2.31. The summed E-state index contributed by atoms with van der Waals surface area (Å²) in [5.74, 6) is 0. The van der Waals surface area contributed by atoms with Gasteiger partial charge in [-0.2, -0.15) is 0 Å². The van der Waals surface area contributed by atoms with Crippen molar-refractivity contribution in [3.63, 3.8) is 0 Å². The molecule has 2 atom stereocenters. The van der Waals surface area contributed by atoms with Gasteiger partial charge in [0.15, 0.2) is 6.10 Å². The van der Waals surface area contributed by atoms with Gasteiger partial charge in [0.1, 0.15) is 12.7 Å². The number of hydrogen-bond donors (Lipinski definition) is 2. The first kappa shape index (κ1) is 7.30. The molecule has 1 rings (SSSR count). The molecule has 5 heteroatoms. The first-order chi connectivity index (χ1) is 4.74. The fraction of sp³-hybridized carbons (Fsp3) is 0.800. The van der Waals surface area contributed by atoms with Crippen molar-refractivity contribution in [2.45, 2.75) is 12.2 Å². The van der Waals surface area contributed by atoms with Crippen LogP contribution in [0.4, 0.5) is 4.79 Å². The summed E-state index contributed by atoms with van der Waals surface area (Å²) >= 11 is 0. The molecule has 1 unspecified atom stereocenters. The highest BCUT2D eigenvalue weighted by Crippen LogP contribution is 2.09. The molecule has 1 saturated heterocycles. The summed E-state index contributed by atoms with van der Waals surface area (Å²) in [5, 5.41) is 17.3. The van der Waals surface area contributed by atoms with Gasteiger partial charge in [-0.3, -0.25) is 0 Å². The van der Waals surface area contributed by atoms with Crippen molar-refractivity contribution >= 4 is 6.16 Å².